The van der Waals surface area contributed by atoms with Crippen LogP contribution in [0.5, 0.6) is 0 Å². The molecule has 2 aromatic rings. The van der Waals surface area contributed by atoms with Crippen LogP contribution < -0.4 is 0 Å². The van der Waals surface area contributed by atoms with Crippen molar-refractivity contribution >= 4 is 26.7 Å². The minimum Gasteiger partial charge on any atom is -0.251 e. The highest BCUT2D eigenvalue weighted by atomic mass is 79.9. The first-order chi connectivity index (χ1) is 7.83. The molecule has 0 amide bonds. The van der Waals surface area contributed by atoms with Crippen LogP contribution in [0.1, 0.15) is 5.56 Å². The molecule has 0 aliphatic rings. The zero-order valence-corrected chi connectivity index (χ0v) is 9.99. The summed E-state index contributed by atoms with van der Waals surface area (Å²) in [4.78, 5) is 3.92. The van der Waals surface area contributed by atoms with Crippen LogP contribution in [-0.4, -0.2) is 11.9 Å². The van der Waals surface area contributed by atoms with Crippen molar-refractivity contribution < 1.29 is 10.1 Å². The van der Waals surface area contributed by atoms with Gasteiger partial charge in [-0.05, 0) is 17.5 Å². The molecular formula is C13H9BrO2. The summed E-state index contributed by atoms with van der Waals surface area (Å²) in [6, 6.07) is 11.9. The van der Waals surface area contributed by atoms with Crippen molar-refractivity contribution in [3.63, 3.8) is 0 Å². The van der Waals surface area contributed by atoms with E-state index in [0.717, 1.165) is 20.8 Å². The molecule has 0 spiro atoms. The zero-order chi connectivity index (χ0) is 11.4. The molecule has 0 atom stereocenters. The smallest absolute Gasteiger partial charge is 0.143 e. The second kappa shape index (κ2) is 5.13. The summed E-state index contributed by atoms with van der Waals surface area (Å²) in [5.74, 6) is 5.69. The van der Waals surface area contributed by atoms with Crippen LogP contribution in [0.4, 0.5) is 0 Å². The SMILES string of the molecule is OOCC#Cc1cccc2cccc(Br)c12. The lowest BCUT2D eigenvalue weighted by Gasteiger charge is -2.02. The number of rotatable bonds is 1. The maximum atomic E-state index is 8.20. The van der Waals surface area contributed by atoms with E-state index >= 15 is 0 Å². The third-order valence-corrected chi connectivity index (χ3v) is 2.87. The Morgan fingerprint density at radius 3 is 2.69 bits per heavy atom. The molecule has 0 bridgehead atoms. The van der Waals surface area contributed by atoms with Gasteiger partial charge in [-0.2, -0.15) is 0 Å². The summed E-state index contributed by atoms with van der Waals surface area (Å²) in [5.41, 5.74) is 0.919. The van der Waals surface area contributed by atoms with E-state index in [1.807, 2.05) is 36.4 Å². The number of hydrogen-bond acceptors (Lipinski definition) is 2. The maximum absolute atomic E-state index is 8.20. The average Bonchev–Trinajstić information content (AvgIpc) is 2.30. The molecule has 0 unspecified atom stereocenters. The third-order valence-electron chi connectivity index (χ3n) is 2.21. The van der Waals surface area contributed by atoms with Crippen molar-refractivity contribution in [2.75, 3.05) is 6.61 Å². The van der Waals surface area contributed by atoms with Crippen molar-refractivity contribution in [1.29, 1.82) is 0 Å². The Balaban J connectivity index is 2.58. The van der Waals surface area contributed by atoms with Gasteiger partial charge in [-0.1, -0.05) is 52.0 Å². The summed E-state index contributed by atoms with van der Waals surface area (Å²) in [6.45, 7) is 0.0147. The minimum atomic E-state index is 0.0147. The number of fused-ring (bicyclic) bond motifs is 1. The van der Waals surface area contributed by atoms with Gasteiger partial charge in [0.15, 0.2) is 0 Å². The summed E-state index contributed by atoms with van der Waals surface area (Å²) >= 11 is 3.51. The molecule has 0 saturated heterocycles. The first kappa shape index (κ1) is 11.2. The Bertz CT molecular complexity index is 562. The van der Waals surface area contributed by atoms with E-state index in [0.29, 0.717) is 0 Å². The quantitative estimate of drug-likeness (QED) is 0.491. The van der Waals surface area contributed by atoms with Gasteiger partial charge < -0.3 is 0 Å². The molecule has 80 valence electrons. The van der Waals surface area contributed by atoms with Crippen LogP contribution in [-0.2, 0) is 4.89 Å². The molecule has 2 rings (SSSR count). The fourth-order valence-electron chi connectivity index (χ4n) is 1.56. The molecule has 16 heavy (non-hydrogen) atoms. The number of halogens is 1. The lowest BCUT2D eigenvalue weighted by molar-refractivity contribution is -0.229. The summed E-state index contributed by atoms with van der Waals surface area (Å²) in [6.07, 6.45) is 0. The van der Waals surface area contributed by atoms with Gasteiger partial charge in [-0.3, -0.25) is 5.26 Å². The summed E-state index contributed by atoms with van der Waals surface area (Å²) < 4.78 is 1.01. The van der Waals surface area contributed by atoms with Gasteiger partial charge in [-0.15, -0.1) is 0 Å². The molecule has 0 aromatic heterocycles. The lowest BCUT2D eigenvalue weighted by Crippen LogP contribution is -1.84. The molecule has 0 heterocycles. The standard InChI is InChI=1S/C13H9BrO2/c14-12-8-2-6-10-4-1-5-11(13(10)12)7-3-9-16-15/h1-2,4-6,8,15H,9H2. The van der Waals surface area contributed by atoms with Crippen LogP contribution in [0.3, 0.4) is 0 Å². The molecule has 2 nitrogen and oxygen atoms in total. The van der Waals surface area contributed by atoms with Gasteiger partial charge >= 0.3 is 0 Å². The van der Waals surface area contributed by atoms with Crippen molar-refractivity contribution in [2.45, 2.75) is 0 Å². The zero-order valence-electron chi connectivity index (χ0n) is 8.40. The Hall–Kier alpha value is -1.34. The van der Waals surface area contributed by atoms with Gasteiger partial charge in [0.2, 0.25) is 0 Å². The van der Waals surface area contributed by atoms with Gasteiger partial charge in [0.05, 0.1) is 0 Å². The second-order valence-corrected chi connectivity index (χ2v) is 4.07. The molecule has 0 radical (unpaired) electrons. The second-order valence-electron chi connectivity index (χ2n) is 3.22. The number of benzene rings is 2. The fourth-order valence-corrected chi connectivity index (χ4v) is 2.16. The predicted molar refractivity (Wildman–Crippen MR) is 67.1 cm³/mol. The first-order valence-electron chi connectivity index (χ1n) is 4.75. The number of hydrogen-bond donors (Lipinski definition) is 1. The van der Waals surface area contributed by atoms with Crippen LogP contribution in [0.2, 0.25) is 0 Å². The first-order valence-corrected chi connectivity index (χ1v) is 5.54. The molecule has 1 N–H and O–H groups in total. The molecule has 2 aromatic carbocycles. The fraction of sp³-hybridized carbons (Fsp3) is 0.0769. The van der Waals surface area contributed by atoms with Gasteiger partial charge in [0, 0.05) is 15.4 Å². The highest BCUT2D eigenvalue weighted by molar-refractivity contribution is 9.10. The van der Waals surface area contributed by atoms with Gasteiger partial charge in [0.25, 0.3) is 0 Å². The highest BCUT2D eigenvalue weighted by Gasteiger charge is 2.01. The van der Waals surface area contributed by atoms with Crippen LogP contribution in [0.15, 0.2) is 40.9 Å². The van der Waals surface area contributed by atoms with Crippen molar-refractivity contribution in [3.05, 3.63) is 46.4 Å². The normalized spacial score (nSPS) is 9.88. The van der Waals surface area contributed by atoms with E-state index < -0.39 is 0 Å². The summed E-state index contributed by atoms with van der Waals surface area (Å²) in [5, 5.41) is 10.4. The predicted octanol–water partition coefficient (Wildman–Crippen LogP) is 3.44. The summed E-state index contributed by atoms with van der Waals surface area (Å²) in [7, 11) is 0. The lowest BCUT2D eigenvalue weighted by atomic mass is 10.1. The van der Waals surface area contributed by atoms with E-state index in [1.54, 1.807) is 0 Å². The molecule has 0 aliphatic carbocycles. The Morgan fingerprint density at radius 2 is 1.94 bits per heavy atom. The van der Waals surface area contributed by atoms with Crippen molar-refractivity contribution in [3.8, 4) is 11.8 Å². The largest absolute Gasteiger partial charge is 0.251 e. The van der Waals surface area contributed by atoms with Crippen LogP contribution >= 0.6 is 15.9 Å². The Kier molecular flexibility index (Phi) is 3.58. The van der Waals surface area contributed by atoms with E-state index in [-0.39, 0.29) is 6.61 Å². The van der Waals surface area contributed by atoms with Crippen LogP contribution in [0, 0.1) is 11.8 Å². The molecule has 3 heteroatoms. The van der Waals surface area contributed by atoms with Crippen molar-refractivity contribution in [1.82, 2.24) is 0 Å². The van der Waals surface area contributed by atoms with Gasteiger partial charge in [0.1, 0.15) is 6.61 Å². The molecule has 0 saturated carbocycles. The monoisotopic (exact) mass is 276 g/mol. The Labute approximate surface area is 102 Å². The average molecular weight is 277 g/mol. The Morgan fingerprint density at radius 1 is 1.19 bits per heavy atom. The minimum absolute atomic E-state index is 0.0147. The van der Waals surface area contributed by atoms with Gasteiger partial charge in [-0.25, -0.2) is 4.89 Å². The van der Waals surface area contributed by atoms with Crippen molar-refractivity contribution in [2.24, 2.45) is 0 Å². The van der Waals surface area contributed by atoms with Crippen LogP contribution in [0.25, 0.3) is 10.8 Å². The van der Waals surface area contributed by atoms with E-state index in [4.69, 9.17) is 5.26 Å². The molecular weight excluding hydrogens is 268 g/mol. The molecule has 0 aliphatic heterocycles. The third kappa shape index (κ3) is 2.25. The maximum Gasteiger partial charge on any atom is 0.143 e. The van der Waals surface area contributed by atoms with E-state index in [2.05, 4.69) is 32.7 Å². The van der Waals surface area contributed by atoms with E-state index in [1.165, 1.54) is 0 Å². The topological polar surface area (TPSA) is 29.5 Å². The highest BCUT2D eigenvalue weighted by Crippen LogP contribution is 2.26. The van der Waals surface area contributed by atoms with E-state index in [9.17, 15) is 0 Å². The molecule has 0 fully saturated rings.